The Bertz CT molecular complexity index is 583. The first kappa shape index (κ1) is 17.0. The molecule has 1 aromatic carbocycles. The highest BCUT2D eigenvalue weighted by Gasteiger charge is 2.44. The Balaban J connectivity index is 1.52. The minimum atomic E-state index is -0.419. The standard InChI is InChI=1S/C21H30N2O2/c1-23-18-8-5-9-19(23)15-17(14-18)22-20(24)21(10-12-25-13-11-21)16-6-3-2-4-7-16/h2-4,6-7,17-19H,5,8-15H2,1H3,(H,22,24)/t18-,19-/m0/s1. The molecule has 3 saturated heterocycles. The van der Waals surface area contributed by atoms with Gasteiger partial charge in [-0.2, -0.15) is 0 Å². The average Bonchev–Trinajstić information content (AvgIpc) is 2.64. The molecule has 0 unspecified atom stereocenters. The van der Waals surface area contributed by atoms with Crippen LogP contribution in [-0.2, 0) is 14.9 Å². The van der Waals surface area contributed by atoms with Gasteiger partial charge in [-0.1, -0.05) is 36.8 Å². The molecule has 4 heteroatoms. The Hall–Kier alpha value is -1.39. The van der Waals surface area contributed by atoms with Crippen LogP contribution < -0.4 is 5.32 Å². The number of ether oxygens (including phenoxy) is 1. The Morgan fingerprint density at radius 1 is 1.12 bits per heavy atom. The number of benzene rings is 1. The van der Waals surface area contributed by atoms with Crippen LogP contribution in [0.25, 0.3) is 0 Å². The SMILES string of the molecule is CN1[C@H]2CCC[C@H]1CC(NC(=O)C1(c3ccccc3)CCOCC1)C2. The molecule has 0 radical (unpaired) electrons. The van der Waals surface area contributed by atoms with E-state index in [-0.39, 0.29) is 5.91 Å². The van der Waals surface area contributed by atoms with E-state index in [1.807, 2.05) is 18.2 Å². The molecule has 3 fully saturated rings. The van der Waals surface area contributed by atoms with E-state index >= 15 is 0 Å². The fraction of sp³-hybridized carbons (Fsp3) is 0.667. The summed E-state index contributed by atoms with van der Waals surface area (Å²) in [6.45, 7) is 1.34. The summed E-state index contributed by atoms with van der Waals surface area (Å²) in [7, 11) is 2.26. The number of fused-ring (bicyclic) bond motifs is 2. The van der Waals surface area contributed by atoms with Gasteiger partial charge in [0.05, 0.1) is 5.41 Å². The van der Waals surface area contributed by atoms with E-state index in [1.165, 1.54) is 19.3 Å². The maximum Gasteiger partial charge on any atom is 0.231 e. The first-order valence-corrected chi connectivity index (χ1v) is 9.85. The lowest BCUT2D eigenvalue weighted by Crippen LogP contribution is -2.58. The van der Waals surface area contributed by atoms with Crippen LogP contribution in [0.15, 0.2) is 30.3 Å². The van der Waals surface area contributed by atoms with Crippen LogP contribution >= 0.6 is 0 Å². The van der Waals surface area contributed by atoms with Crippen LogP contribution in [0.3, 0.4) is 0 Å². The summed E-state index contributed by atoms with van der Waals surface area (Å²) in [6.07, 6.45) is 7.64. The van der Waals surface area contributed by atoms with Crippen molar-refractivity contribution in [2.75, 3.05) is 20.3 Å². The smallest absolute Gasteiger partial charge is 0.231 e. The van der Waals surface area contributed by atoms with Gasteiger partial charge in [0, 0.05) is 31.3 Å². The zero-order valence-electron chi connectivity index (χ0n) is 15.2. The normalized spacial score (nSPS) is 32.1. The van der Waals surface area contributed by atoms with Crippen LogP contribution in [0, 0.1) is 0 Å². The number of carbonyl (C=O) groups is 1. The summed E-state index contributed by atoms with van der Waals surface area (Å²) in [5.74, 6) is 0.217. The van der Waals surface area contributed by atoms with Gasteiger partial charge in [-0.15, -0.1) is 0 Å². The van der Waals surface area contributed by atoms with Crippen LogP contribution in [0.2, 0.25) is 0 Å². The summed E-state index contributed by atoms with van der Waals surface area (Å²) < 4.78 is 5.57. The Labute approximate surface area is 150 Å². The second kappa shape index (κ2) is 7.08. The van der Waals surface area contributed by atoms with Crippen molar-refractivity contribution in [1.82, 2.24) is 10.2 Å². The fourth-order valence-corrected chi connectivity index (χ4v) is 5.18. The van der Waals surface area contributed by atoms with Crippen LogP contribution in [0.4, 0.5) is 0 Å². The predicted molar refractivity (Wildman–Crippen MR) is 98.5 cm³/mol. The van der Waals surface area contributed by atoms with Gasteiger partial charge in [0.1, 0.15) is 0 Å². The van der Waals surface area contributed by atoms with E-state index in [2.05, 4.69) is 29.4 Å². The fourth-order valence-electron chi connectivity index (χ4n) is 5.18. The quantitative estimate of drug-likeness (QED) is 0.918. The monoisotopic (exact) mass is 342 g/mol. The van der Waals surface area contributed by atoms with Crippen molar-refractivity contribution >= 4 is 5.91 Å². The largest absolute Gasteiger partial charge is 0.381 e. The van der Waals surface area contributed by atoms with E-state index < -0.39 is 5.41 Å². The van der Waals surface area contributed by atoms with Gasteiger partial charge in [-0.3, -0.25) is 4.79 Å². The topological polar surface area (TPSA) is 41.6 Å². The molecule has 3 aliphatic heterocycles. The molecule has 1 N–H and O–H groups in total. The number of piperidine rings is 2. The number of amides is 1. The number of hydrogen-bond acceptors (Lipinski definition) is 3. The zero-order valence-corrected chi connectivity index (χ0v) is 15.2. The van der Waals surface area contributed by atoms with E-state index in [1.54, 1.807) is 0 Å². The molecule has 0 spiro atoms. The van der Waals surface area contributed by atoms with Crippen molar-refractivity contribution in [3.05, 3.63) is 35.9 Å². The van der Waals surface area contributed by atoms with Crippen LogP contribution in [0.5, 0.6) is 0 Å². The predicted octanol–water partition coefficient (Wildman–Crippen LogP) is 2.87. The Morgan fingerprint density at radius 3 is 2.40 bits per heavy atom. The molecule has 3 aliphatic rings. The number of rotatable bonds is 3. The van der Waals surface area contributed by atoms with E-state index in [0.29, 0.717) is 31.3 Å². The lowest BCUT2D eigenvalue weighted by molar-refractivity contribution is -0.132. The van der Waals surface area contributed by atoms with Gasteiger partial charge in [0.2, 0.25) is 5.91 Å². The summed E-state index contributed by atoms with van der Waals surface area (Å²) >= 11 is 0. The van der Waals surface area contributed by atoms with E-state index in [4.69, 9.17) is 4.74 Å². The summed E-state index contributed by atoms with van der Waals surface area (Å²) in [5, 5.41) is 3.46. The number of carbonyl (C=O) groups excluding carboxylic acids is 1. The Kier molecular flexibility index (Phi) is 4.83. The average molecular weight is 342 g/mol. The number of nitrogens with zero attached hydrogens (tertiary/aromatic N) is 1. The van der Waals surface area contributed by atoms with Crippen LogP contribution in [0.1, 0.15) is 50.5 Å². The molecule has 25 heavy (non-hydrogen) atoms. The molecule has 4 nitrogen and oxygen atoms in total. The first-order valence-electron chi connectivity index (χ1n) is 9.85. The number of hydrogen-bond donors (Lipinski definition) is 1. The molecule has 136 valence electrons. The van der Waals surface area contributed by atoms with Gasteiger partial charge in [-0.05, 0) is 51.1 Å². The highest BCUT2D eigenvalue weighted by Crippen LogP contribution is 2.37. The summed E-state index contributed by atoms with van der Waals surface area (Å²) in [6, 6.07) is 11.9. The summed E-state index contributed by atoms with van der Waals surface area (Å²) in [4.78, 5) is 16.0. The minimum absolute atomic E-state index is 0.217. The highest BCUT2D eigenvalue weighted by atomic mass is 16.5. The van der Waals surface area contributed by atoms with Crippen molar-refractivity contribution in [2.45, 2.75) is 68.5 Å². The molecule has 4 rings (SSSR count). The van der Waals surface area contributed by atoms with Gasteiger partial charge >= 0.3 is 0 Å². The van der Waals surface area contributed by atoms with Crippen molar-refractivity contribution in [3.8, 4) is 0 Å². The highest BCUT2D eigenvalue weighted by molar-refractivity contribution is 5.88. The second-order valence-corrected chi connectivity index (χ2v) is 8.11. The van der Waals surface area contributed by atoms with Crippen molar-refractivity contribution in [3.63, 3.8) is 0 Å². The first-order chi connectivity index (χ1) is 12.2. The molecule has 0 aromatic heterocycles. The number of nitrogens with one attached hydrogen (secondary N) is 1. The zero-order chi connectivity index (χ0) is 17.3. The van der Waals surface area contributed by atoms with Crippen molar-refractivity contribution in [1.29, 1.82) is 0 Å². The molecule has 0 saturated carbocycles. The maximum absolute atomic E-state index is 13.4. The molecule has 2 atom stereocenters. The van der Waals surface area contributed by atoms with Gasteiger partial charge in [0.15, 0.2) is 0 Å². The minimum Gasteiger partial charge on any atom is -0.381 e. The van der Waals surface area contributed by atoms with Crippen molar-refractivity contribution < 1.29 is 9.53 Å². The maximum atomic E-state index is 13.4. The molecular formula is C21H30N2O2. The molecule has 2 bridgehead atoms. The molecular weight excluding hydrogens is 312 g/mol. The van der Waals surface area contributed by atoms with E-state index in [0.717, 1.165) is 31.2 Å². The van der Waals surface area contributed by atoms with E-state index in [9.17, 15) is 4.79 Å². The third kappa shape index (κ3) is 3.22. The van der Waals surface area contributed by atoms with Gasteiger partial charge < -0.3 is 15.0 Å². The second-order valence-electron chi connectivity index (χ2n) is 8.11. The molecule has 0 aliphatic carbocycles. The lowest BCUT2D eigenvalue weighted by atomic mass is 9.72. The lowest BCUT2D eigenvalue weighted by Gasteiger charge is -2.48. The van der Waals surface area contributed by atoms with Crippen LogP contribution in [-0.4, -0.2) is 49.2 Å². The summed E-state index contributed by atoms with van der Waals surface area (Å²) in [5.41, 5.74) is 0.724. The van der Waals surface area contributed by atoms with Crippen molar-refractivity contribution in [2.24, 2.45) is 0 Å². The van der Waals surface area contributed by atoms with Gasteiger partial charge in [-0.25, -0.2) is 0 Å². The van der Waals surface area contributed by atoms with Gasteiger partial charge in [0.25, 0.3) is 0 Å². The Morgan fingerprint density at radius 2 is 1.76 bits per heavy atom. The molecule has 1 amide bonds. The molecule has 3 heterocycles. The third-order valence-corrected chi connectivity index (χ3v) is 6.78. The third-order valence-electron chi connectivity index (χ3n) is 6.78. The molecule has 1 aromatic rings.